The SMILES string of the molecule is Cc1c(C2CCN(C(=O)Cn3nc(C(=O)N4CCC(O)(CF)CC4)c4c3C[C@H]3C[C@@H]43)CC2)cccc1C(F)(F)F. The lowest BCUT2D eigenvalue weighted by atomic mass is 9.85. The number of fused-ring (bicyclic) bond motifs is 3. The van der Waals surface area contributed by atoms with Gasteiger partial charge in [-0.05, 0) is 80.4 Å². The number of carbonyl (C=O) groups excluding carboxylic acids is 2. The number of piperidine rings is 2. The van der Waals surface area contributed by atoms with E-state index in [2.05, 4.69) is 5.10 Å². The van der Waals surface area contributed by atoms with Gasteiger partial charge in [0.2, 0.25) is 5.91 Å². The first-order valence-corrected chi connectivity index (χ1v) is 14.1. The average molecular weight is 563 g/mol. The van der Waals surface area contributed by atoms with Crippen LogP contribution in [-0.2, 0) is 23.9 Å². The van der Waals surface area contributed by atoms with Gasteiger partial charge in [-0.1, -0.05) is 12.1 Å². The lowest BCUT2D eigenvalue weighted by molar-refractivity contribution is -0.138. The number of hydrogen-bond donors (Lipinski definition) is 1. The van der Waals surface area contributed by atoms with E-state index in [1.54, 1.807) is 20.5 Å². The number of aliphatic hydroxyl groups is 1. The van der Waals surface area contributed by atoms with E-state index < -0.39 is 24.0 Å². The Hall–Kier alpha value is -2.95. The molecule has 1 N–H and O–H groups in total. The second kappa shape index (κ2) is 9.85. The second-order valence-electron chi connectivity index (χ2n) is 12.0. The highest BCUT2D eigenvalue weighted by Crippen LogP contribution is 2.57. The molecule has 216 valence electrons. The van der Waals surface area contributed by atoms with Gasteiger partial charge in [0.1, 0.15) is 13.2 Å². The van der Waals surface area contributed by atoms with E-state index in [1.165, 1.54) is 13.0 Å². The molecule has 2 aromatic rings. The fourth-order valence-electron chi connectivity index (χ4n) is 6.96. The molecular weight excluding hydrogens is 528 g/mol. The van der Waals surface area contributed by atoms with Crippen LogP contribution in [0.2, 0.25) is 0 Å². The molecule has 0 spiro atoms. The normalized spacial score (nSPS) is 24.1. The molecule has 1 saturated carbocycles. The van der Waals surface area contributed by atoms with Gasteiger partial charge < -0.3 is 14.9 Å². The van der Waals surface area contributed by atoms with Crippen LogP contribution < -0.4 is 0 Å². The standard InChI is InChI=1S/C29H34F4N4O3/c1-17-20(3-2-4-22(17)29(31,32)33)18-5-9-35(10-6-18)24(38)15-37-23-14-19-13-21(19)25(23)26(34-37)27(39)36-11-7-28(40,16-30)8-12-36/h2-4,18-19,21,40H,5-16H2,1H3/t19-,21-/m1/s1. The molecule has 40 heavy (non-hydrogen) atoms. The van der Waals surface area contributed by atoms with E-state index in [0.29, 0.717) is 43.1 Å². The number of rotatable bonds is 5. The zero-order chi connectivity index (χ0) is 28.4. The highest BCUT2D eigenvalue weighted by molar-refractivity contribution is 5.95. The van der Waals surface area contributed by atoms with Crippen molar-refractivity contribution in [3.05, 3.63) is 51.8 Å². The van der Waals surface area contributed by atoms with E-state index in [0.717, 1.165) is 30.2 Å². The maximum atomic E-state index is 13.4. The van der Waals surface area contributed by atoms with Crippen LogP contribution in [0.15, 0.2) is 18.2 Å². The molecule has 4 aliphatic rings. The minimum atomic E-state index is -4.40. The summed E-state index contributed by atoms with van der Waals surface area (Å²) in [5.41, 5.74) is 1.21. The number of alkyl halides is 4. The van der Waals surface area contributed by atoms with E-state index >= 15 is 0 Å². The van der Waals surface area contributed by atoms with Crippen molar-refractivity contribution >= 4 is 11.8 Å². The molecule has 2 atom stereocenters. The first-order chi connectivity index (χ1) is 19.0. The van der Waals surface area contributed by atoms with E-state index in [9.17, 15) is 32.3 Å². The molecule has 6 rings (SSSR count). The Morgan fingerprint density at radius 2 is 1.80 bits per heavy atom. The number of benzene rings is 1. The van der Waals surface area contributed by atoms with Crippen LogP contribution in [0.1, 0.15) is 82.4 Å². The van der Waals surface area contributed by atoms with Crippen LogP contribution in [-0.4, -0.2) is 75.0 Å². The number of halogens is 4. The van der Waals surface area contributed by atoms with Gasteiger partial charge in [-0.2, -0.15) is 18.3 Å². The van der Waals surface area contributed by atoms with Gasteiger partial charge in [-0.3, -0.25) is 14.3 Å². The lowest BCUT2D eigenvalue weighted by Gasteiger charge is -2.36. The van der Waals surface area contributed by atoms with Crippen molar-refractivity contribution in [2.24, 2.45) is 5.92 Å². The van der Waals surface area contributed by atoms with Gasteiger partial charge in [0.15, 0.2) is 5.69 Å². The molecule has 1 aromatic heterocycles. The second-order valence-corrected chi connectivity index (χ2v) is 12.0. The number of carbonyl (C=O) groups is 2. The maximum absolute atomic E-state index is 13.4. The predicted molar refractivity (Wildman–Crippen MR) is 138 cm³/mol. The van der Waals surface area contributed by atoms with Gasteiger partial charge >= 0.3 is 6.18 Å². The average Bonchev–Trinajstić information content (AvgIpc) is 3.46. The molecule has 2 aliphatic heterocycles. The summed E-state index contributed by atoms with van der Waals surface area (Å²) >= 11 is 0. The quantitative estimate of drug-likeness (QED) is 0.554. The fraction of sp³-hybridized carbons (Fsp3) is 0.621. The molecule has 11 heteroatoms. The van der Waals surface area contributed by atoms with Crippen LogP contribution >= 0.6 is 0 Å². The van der Waals surface area contributed by atoms with Crippen LogP contribution in [0.5, 0.6) is 0 Å². The van der Waals surface area contributed by atoms with Crippen molar-refractivity contribution in [1.82, 2.24) is 19.6 Å². The Kier molecular flexibility index (Phi) is 6.71. The third kappa shape index (κ3) is 4.80. The van der Waals surface area contributed by atoms with E-state index in [4.69, 9.17) is 0 Å². The number of amides is 2. The topological polar surface area (TPSA) is 78.7 Å². The van der Waals surface area contributed by atoms with Crippen LogP contribution in [0.4, 0.5) is 17.6 Å². The lowest BCUT2D eigenvalue weighted by Crippen LogP contribution is -2.48. The van der Waals surface area contributed by atoms with Crippen molar-refractivity contribution in [1.29, 1.82) is 0 Å². The van der Waals surface area contributed by atoms with Crippen molar-refractivity contribution < 1.29 is 32.3 Å². The fourth-order valence-corrected chi connectivity index (χ4v) is 6.96. The number of likely N-dealkylation sites (tertiary alicyclic amines) is 2. The highest BCUT2D eigenvalue weighted by atomic mass is 19.4. The van der Waals surface area contributed by atoms with Crippen molar-refractivity contribution in [3.8, 4) is 0 Å². The predicted octanol–water partition coefficient (Wildman–Crippen LogP) is 4.21. The Morgan fingerprint density at radius 1 is 1.10 bits per heavy atom. The molecule has 3 fully saturated rings. The van der Waals surface area contributed by atoms with Gasteiger partial charge in [0.25, 0.3) is 5.91 Å². The molecule has 3 heterocycles. The van der Waals surface area contributed by atoms with Crippen molar-refractivity contribution in [2.45, 2.75) is 75.6 Å². The molecule has 2 saturated heterocycles. The Bertz CT molecular complexity index is 1320. The van der Waals surface area contributed by atoms with Gasteiger partial charge in [-0.25, -0.2) is 4.39 Å². The summed E-state index contributed by atoms with van der Waals surface area (Å²) in [7, 11) is 0. The maximum Gasteiger partial charge on any atom is 0.416 e. The summed E-state index contributed by atoms with van der Waals surface area (Å²) in [4.78, 5) is 30.1. The smallest absolute Gasteiger partial charge is 0.387 e. The Balaban J connectivity index is 1.13. The molecule has 2 amide bonds. The molecule has 0 bridgehead atoms. The third-order valence-corrected chi connectivity index (χ3v) is 9.53. The molecule has 1 aromatic carbocycles. The first kappa shape index (κ1) is 27.2. The van der Waals surface area contributed by atoms with Crippen LogP contribution in [0.3, 0.4) is 0 Å². The van der Waals surface area contributed by atoms with Gasteiger partial charge in [0.05, 0.1) is 11.2 Å². The number of hydrogen-bond acceptors (Lipinski definition) is 4. The largest absolute Gasteiger partial charge is 0.416 e. The molecule has 0 radical (unpaired) electrons. The minimum Gasteiger partial charge on any atom is -0.387 e. The molecular formula is C29H34F4N4O3. The van der Waals surface area contributed by atoms with Gasteiger partial charge in [0, 0.05) is 37.4 Å². The summed E-state index contributed by atoms with van der Waals surface area (Å²) < 4.78 is 55.0. The number of aromatic nitrogens is 2. The zero-order valence-corrected chi connectivity index (χ0v) is 22.5. The highest BCUT2D eigenvalue weighted by Gasteiger charge is 2.51. The summed E-state index contributed by atoms with van der Waals surface area (Å²) in [5.74, 6) is 0.377. The zero-order valence-electron chi connectivity index (χ0n) is 22.5. The Labute approximate surface area is 230 Å². The number of nitrogens with zero attached hydrogens (tertiary/aromatic N) is 4. The van der Waals surface area contributed by atoms with Gasteiger partial charge in [-0.15, -0.1) is 0 Å². The summed E-state index contributed by atoms with van der Waals surface area (Å²) in [6, 6.07) is 4.32. The first-order valence-electron chi connectivity index (χ1n) is 14.1. The third-order valence-electron chi connectivity index (χ3n) is 9.53. The summed E-state index contributed by atoms with van der Waals surface area (Å²) in [6.45, 7) is 2.12. The summed E-state index contributed by atoms with van der Waals surface area (Å²) in [6.07, 6.45) is -1.08. The molecule has 2 aliphatic carbocycles. The van der Waals surface area contributed by atoms with Crippen molar-refractivity contribution in [3.63, 3.8) is 0 Å². The van der Waals surface area contributed by atoms with E-state index in [-0.39, 0.29) is 61.7 Å². The van der Waals surface area contributed by atoms with E-state index in [1.807, 2.05) is 0 Å². The molecule has 0 unspecified atom stereocenters. The van der Waals surface area contributed by atoms with Crippen LogP contribution in [0.25, 0.3) is 0 Å². The molecule has 7 nitrogen and oxygen atoms in total. The van der Waals surface area contributed by atoms with Crippen LogP contribution in [0, 0.1) is 12.8 Å². The Morgan fingerprint density at radius 3 is 2.45 bits per heavy atom. The minimum absolute atomic E-state index is 0.0178. The summed E-state index contributed by atoms with van der Waals surface area (Å²) in [5, 5.41) is 14.8. The monoisotopic (exact) mass is 562 g/mol. The van der Waals surface area contributed by atoms with Crippen molar-refractivity contribution in [2.75, 3.05) is 32.9 Å².